The largest absolute Gasteiger partial charge is 0.453 e. The fourth-order valence-electron chi connectivity index (χ4n) is 5.98. The molecule has 0 aromatic heterocycles. The first-order valence-electron chi connectivity index (χ1n) is 17.8. The molecule has 53 heavy (non-hydrogen) atoms. The van der Waals surface area contributed by atoms with Crippen LogP contribution in [0.3, 0.4) is 0 Å². The number of aliphatic hydroxyl groups is 2. The molecule has 3 rings (SSSR count). The summed E-state index contributed by atoms with van der Waals surface area (Å²) in [6.07, 6.45) is -2.05. The first-order valence-corrected chi connectivity index (χ1v) is 17.8. The van der Waals surface area contributed by atoms with Crippen LogP contribution in [-0.2, 0) is 38.5 Å². The highest BCUT2D eigenvalue weighted by Crippen LogP contribution is 2.24. The quantitative estimate of drug-likeness (QED) is 0.128. The van der Waals surface area contributed by atoms with Gasteiger partial charge in [-0.05, 0) is 57.9 Å². The molecule has 0 aliphatic heterocycles. The number of nitrogens with one attached hydrogen (secondary N) is 4. The molecule has 0 saturated heterocycles. The van der Waals surface area contributed by atoms with Crippen LogP contribution in [0.4, 0.5) is 9.59 Å². The number of carbonyl (C=O) groups excluding carboxylic acids is 4. The summed E-state index contributed by atoms with van der Waals surface area (Å²) in [5, 5.41) is 32.7. The van der Waals surface area contributed by atoms with Gasteiger partial charge in [-0.3, -0.25) is 9.59 Å². The fourth-order valence-corrected chi connectivity index (χ4v) is 5.98. The molecule has 4 amide bonds. The number of carbonyl (C=O) groups is 4. The summed E-state index contributed by atoms with van der Waals surface area (Å²) in [5.41, 5.74) is 3.09. The van der Waals surface area contributed by atoms with Crippen molar-refractivity contribution in [2.75, 3.05) is 14.2 Å². The van der Waals surface area contributed by atoms with Crippen molar-refractivity contribution in [1.82, 2.24) is 21.3 Å². The Labute approximate surface area is 313 Å². The van der Waals surface area contributed by atoms with Crippen LogP contribution in [0.25, 0.3) is 11.1 Å². The molecule has 6 N–H and O–H groups in total. The third-order valence-corrected chi connectivity index (χ3v) is 9.02. The second-order valence-electron chi connectivity index (χ2n) is 15.4. The van der Waals surface area contributed by atoms with Gasteiger partial charge in [-0.2, -0.15) is 0 Å². The zero-order valence-corrected chi connectivity index (χ0v) is 32.1. The number of ether oxygens (including phenoxy) is 2. The number of amides is 4. The molecule has 0 aliphatic carbocycles. The van der Waals surface area contributed by atoms with E-state index in [1.165, 1.54) is 14.2 Å². The zero-order chi connectivity index (χ0) is 39.3. The maximum Gasteiger partial charge on any atom is 0.407 e. The lowest BCUT2D eigenvalue weighted by Crippen LogP contribution is -2.59. The summed E-state index contributed by atoms with van der Waals surface area (Å²) < 4.78 is 9.57. The summed E-state index contributed by atoms with van der Waals surface area (Å²) in [6, 6.07) is 21.4. The first kappa shape index (κ1) is 42.5. The van der Waals surface area contributed by atoms with Crippen LogP contribution in [0, 0.1) is 10.8 Å². The molecule has 0 spiro atoms. The minimum absolute atomic E-state index is 0.0422. The summed E-state index contributed by atoms with van der Waals surface area (Å²) >= 11 is 0. The number of methoxy groups -OCH3 is 2. The van der Waals surface area contributed by atoms with E-state index in [2.05, 4.69) is 21.3 Å². The third kappa shape index (κ3) is 13.2. The minimum Gasteiger partial charge on any atom is -0.453 e. The molecule has 0 aliphatic rings. The molecule has 3 aromatic carbocycles. The van der Waals surface area contributed by atoms with Crippen molar-refractivity contribution in [1.29, 1.82) is 0 Å². The molecule has 0 bridgehead atoms. The normalized spacial score (nSPS) is 14.5. The van der Waals surface area contributed by atoms with Gasteiger partial charge in [0.2, 0.25) is 11.8 Å². The Bertz CT molecular complexity index is 1630. The van der Waals surface area contributed by atoms with E-state index in [0.717, 1.165) is 27.8 Å². The SMILES string of the molecule is COC(=O)N[C@H](C(=O)N[C@@H](Cc1ccccc1)C[C@H](O)[C@H](Cc1ccc(-c2ccc(CO)cc2)cc1)NC(=O)[C@@H](NC(=O)OC)C(C)(C)C)C(C)(C)C. The highest BCUT2D eigenvalue weighted by Gasteiger charge is 2.37. The number of benzene rings is 3. The minimum atomic E-state index is -1.17. The van der Waals surface area contributed by atoms with Gasteiger partial charge >= 0.3 is 12.2 Å². The van der Waals surface area contributed by atoms with Gasteiger partial charge in [-0.25, -0.2) is 9.59 Å². The predicted molar refractivity (Wildman–Crippen MR) is 204 cm³/mol. The highest BCUT2D eigenvalue weighted by molar-refractivity contribution is 5.87. The number of aliphatic hydroxyl groups excluding tert-OH is 2. The lowest BCUT2D eigenvalue weighted by Gasteiger charge is -2.34. The maximum atomic E-state index is 13.9. The lowest BCUT2D eigenvalue weighted by atomic mass is 9.85. The van der Waals surface area contributed by atoms with Gasteiger partial charge in [0.15, 0.2) is 0 Å². The van der Waals surface area contributed by atoms with Crippen LogP contribution >= 0.6 is 0 Å². The van der Waals surface area contributed by atoms with Gasteiger partial charge in [0.05, 0.1) is 33.0 Å². The Morgan fingerprint density at radius 2 is 1.04 bits per heavy atom. The predicted octanol–water partition coefficient (Wildman–Crippen LogP) is 4.89. The van der Waals surface area contributed by atoms with Crippen molar-refractivity contribution >= 4 is 24.0 Å². The van der Waals surface area contributed by atoms with Crippen LogP contribution in [0.5, 0.6) is 0 Å². The molecule has 288 valence electrons. The molecule has 12 nitrogen and oxygen atoms in total. The van der Waals surface area contributed by atoms with E-state index >= 15 is 0 Å². The molecule has 5 atom stereocenters. The van der Waals surface area contributed by atoms with Crippen LogP contribution in [0.1, 0.15) is 64.7 Å². The summed E-state index contributed by atoms with van der Waals surface area (Å²) in [4.78, 5) is 52.1. The number of hydrogen-bond acceptors (Lipinski definition) is 8. The summed E-state index contributed by atoms with van der Waals surface area (Å²) in [5.74, 6) is -0.958. The van der Waals surface area contributed by atoms with Crippen molar-refractivity contribution in [3.8, 4) is 11.1 Å². The molecule has 0 radical (unpaired) electrons. The lowest BCUT2D eigenvalue weighted by molar-refractivity contribution is -0.128. The van der Waals surface area contributed by atoms with E-state index in [1.807, 2.05) is 120 Å². The Morgan fingerprint density at radius 3 is 1.47 bits per heavy atom. The molecular formula is C41H56N4O8. The number of hydrogen-bond donors (Lipinski definition) is 6. The topological polar surface area (TPSA) is 175 Å². The van der Waals surface area contributed by atoms with Gasteiger partial charge < -0.3 is 41.0 Å². The molecule has 0 fully saturated rings. The van der Waals surface area contributed by atoms with Gasteiger partial charge in [-0.1, -0.05) is 120 Å². The summed E-state index contributed by atoms with van der Waals surface area (Å²) in [6.45, 7) is 10.9. The highest BCUT2D eigenvalue weighted by atomic mass is 16.5. The van der Waals surface area contributed by atoms with E-state index in [-0.39, 0.29) is 19.4 Å². The van der Waals surface area contributed by atoms with Crippen LogP contribution < -0.4 is 21.3 Å². The van der Waals surface area contributed by atoms with Gasteiger partial charge in [0, 0.05) is 6.04 Å². The van der Waals surface area contributed by atoms with Crippen molar-refractivity contribution in [3.63, 3.8) is 0 Å². The van der Waals surface area contributed by atoms with E-state index in [1.54, 1.807) is 0 Å². The Kier molecular flexibility index (Phi) is 15.4. The molecule has 0 unspecified atom stereocenters. The third-order valence-electron chi connectivity index (χ3n) is 9.02. The van der Waals surface area contributed by atoms with Crippen LogP contribution in [-0.4, -0.2) is 78.7 Å². The van der Waals surface area contributed by atoms with Gasteiger partial charge in [0.1, 0.15) is 12.1 Å². The van der Waals surface area contributed by atoms with E-state index in [9.17, 15) is 29.4 Å². The Morgan fingerprint density at radius 1 is 0.604 bits per heavy atom. The molecule has 12 heteroatoms. The Hall–Kier alpha value is -4.94. The second-order valence-corrected chi connectivity index (χ2v) is 15.4. The molecule has 0 saturated carbocycles. The molecule has 3 aromatic rings. The molecule has 0 heterocycles. The van der Waals surface area contributed by atoms with Crippen molar-refractivity contribution in [2.45, 2.75) is 97.7 Å². The maximum absolute atomic E-state index is 13.9. The van der Waals surface area contributed by atoms with Crippen LogP contribution in [0.2, 0.25) is 0 Å². The van der Waals surface area contributed by atoms with Gasteiger partial charge in [-0.15, -0.1) is 0 Å². The average molecular weight is 733 g/mol. The Balaban J connectivity index is 1.96. The number of alkyl carbamates (subject to hydrolysis) is 2. The van der Waals surface area contributed by atoms with Crippen molar-refractivity contribution in [3.05, 3.63) is 95.6 Å². The number of rotatable bonds is 15. The zero-order valence-electron chi connectivity index (χ0n) is 32.1. The molecular weight excluding hydrogens is 676 g/mol. The average Bonchev–Trinajstić information content (AvgIpc) is 3.11. The first-order chi connectivity index (χ1) is 24.9. The van der Waals surface area contributed by atoms with Crippen molar-refractivity contribution < 1.29 is 38.9 Å². The fraction of sp³-hybridized carbons (Fsp3) is 0.463. The smallest absolute Gasteiger partial charge is 0.407 e. The summed E-state index contributed by atoms with van der Waals surface area (Å²) in [7, 11) is 2.44. The van der Waals surface area contributed by atoms with Gasteiger partial charge in [0.25, 0.3) is 0 Å². The standard InChI is InChI=1S/C41H56N4O8/c1-40(2,3)34(44-38(50)52-7)36(48)42-31(22-26-12-10-9-11-13-26)24-33(47)32(43-37(49)35(41(4,5)6)45-39(51)53-8)23-27-14-18-29(19-15-27)30-20-16-28(25-46)17-21-30/h9-21,31-35,46-47H,22-25H2,1-8H3,(H,42,48)(H,43,49)(H,44,50)(H,45,51)/t31-,32-,33-,34+,35+/m0/s1. The van der Waals surface area contributed by atoms with E-state index < -0.39 is 65.1 Å². The van der Waals surface area contributed by atoms with Crippen molar-refractivity contribution in [2.24, 2.45) is 10.8 Å². The van der Waals surface area contributed by atoms with Crippen LogP contribution in [0.15, 0.2) is 78.9 Å². The monoisotopic (exact) mass is 732 g/mol. The van der Waals surface area contributed by atoms with E-state index in [4.69, 9.17) is 9.47 Å². The van der Waals surface area contributed by atoms with E-state index in [0.29, 0.717) is 6.42 Å². The second kappa shape index (κ2) is 19.2.